The fourth-order valence-electron chi connectivity index (χ4n) is 2.26. The van der Waals surface area contributed by atoms with Gasteiger partial charge in [0.25, 0.3) is 0 Å². The predicted octanol–water partition coefficient (Wildman–Crippen LogP) is 1.98. The van der Waals surface area contributed by atoms with Crippen LogP contribution in [-0.4, -0.2) is 29.9 Å². The van der Waals surface area contributed by atoms with E-state index in [1.165, 1.54) is 18.7 Å². The second-order valence-corrected chi connectivity index (χ2v) is 6.01. The monoisotopic (exact) mass is 289 g/mol. The first kappa shape index (κ1) is 14.4. The molecule has 1 saturated heterocycles. The molecular formula is C14H15N3O2S. The van der Waals surface area contributed by atoms with Crippen LogP contribution in [0.25, 0.3) is 0 Å². The highest BCUT2D eigenvalue weighted by Crippen LogP contribution is 2.33. The number of carbonyl (C=O) groups excluding carboxylic acids is 2. The molecule has 1 aliphatic rings. The van der Waals surface area contributed by atoms with Crippen LogP contribution in [0.4, 0.5) is 11.4 Å². The smallest absolute Gasteiger partial charge is 0.228 e. The van der Waals surface area contributed by atoms with E-state index in [-0.39, 0.29) is 16.3 Å². The summed E-state index contributed by atoms with van der Waals surface area (Å²) in [6.07, 6.45) is 0.351. The molecule has 0 radical (unpaired) electrons. The van der Waals surface area contributed by atoms with Crippen molar-refractivity contribution >= 4 is 34.2 Å². The zero-order valence-corrected chi connectivity index (χ0v) is 12.2. The molecular weight excluding hydrogens is 274 g/mol. The van der Waals surface area contributed by atoms with Gasteiger partial charge in [-0.2, -0.15) is 5.26 Å². The van der Waals surface area contributed by atoms with Crippen molar-refractivity contribution in [3.05, 3.63) is 23.8 Å². The van der Waals surface area contributed by atoms with Gasteiger partial charge in [-0.25, -0.2) is 0 Å². The third-order valence-electron chi connectivity index (χ3n) is 3.11. The number of amides is 1. The topological polar surface area (TPSA) is 73.2 Å². The van der Waals surface area contributed by atoms with E-state index in [0.717, 1.165) is 5.69 Å². The normalized spacial score (nSPS) is 17.9. The molecule has 0 aromatic heterocycles. The Kier molecular flexibility index (Phi) is 4.30. The quantitative estimate of drug-likeness (QED) is 0.921. The van der Waals surface area contributed by atoms with Crippen molar-refractivity contribution in [3.63, 3.8) is 0 Å². The Balaban J connectivity index is 2.29. The van der Waals surface area contributed by atoms with Crippen LogP contribution >= 0.6 is 11.8 Å². The maximum Gasteiger partial charge on any atom is 0.228 e. The molecule has 0 bridgehead atoms. The third kappa shape index (κ3) is 2.94. The molecule has 0 aliphatic carbocycles. The highest BCUT2D eigenvalue weighted by molar-refractivity contribution is 8.14. The van der Waals surface area contributed by atoms with Crippen LogP contribution in [0.5, 0.6) is 0 Å². The highest BCUT2D eigenvalue weighted by atomic mass is 32.2. The van der Waals surface area contributed by atoms with Crippen LogP contribution in [0.3, 0.4) is 0 Å². The molecule has 2 rings (SSSR count). The molecule has 0 spiro atoms. The van der Waals surface area contributed by atoms with Gasteiger partial charge in [-0.15, -0.1) is 0 Å². The number of hydrogen-bond donors (Lipinski definition) is 1. The second-order valence-electron chi connectivity index (χ2n) is 4.53. The number of rotatable bonds is 3. The molecule has 0 saturated carbocycles. The highest BCUT2D eigenvalue weighted by Gasteiger charge is 2.33. The zero-order chi connectivity index (χ0) is 14.7. The molecule has 1 amide bonds. The Hall–Kier alpha value is -2.00. The van der Waals surface area contributed by atoms with E-state index in [4.69, 9.17) is 5.26 Å². The molecule has 6 heteroatoms. The van der Waals surface area contributed by atoms with Crippen molar-refractivity contribution in [2.24, 2.45) is 0 Å². The standard InChI is InChI=1S/C14H15N3O2S/c1-9(18)20-11-6-14(19)17(8-11)13-5-10(7-15)3-4-12(13)16-2/h3-5,11,16H,6,8H2,1-2H3. The maximum absolute atomic E-state index is 12.1. The molecule has 1 aromatic carbocycles. The average molecular weight is 289 g/mol. The first-order chi connectivity index (χ1) is 9.55. The minimum atomic E-state index is -0.0182. The molecule has 1 unspecified atom stereocenters. The van der Waals surface area contributed by atoms with Crippen molar-refractivity contribution in [1.29, 1.82) is 5.26 Å². The lowest BCUT2D eigenvalue weighted by Gasteiger charge is -2.20. The lowest BCUT2D eigenvalue weighted by molar-refractivity contribution is -0.117. The van der Waals surface area contributed by atoms with Gasteiger partial charge < -0.3 is 10.2 Å². The fourth-order valence-corrected chi connectivity index (χ4v) is 3.18. The number of thioether (sulfide) groups is 1. The molecule has 1 N–H and O–H groups in total. The van der Waals surface area contributed by atoms with E-state index in [0.29, 0.717) is 24.2 Å². The number of nitrogens with one attached hydrogen (secondary N) is 1. The van der Waals surface area contributed by atoms with E-state index in [1.54, 1.807) is 30.1 Å². The van der Waals surface area contributed by atoms with Gasteiger partial charge in [0.1, 0.15) is 0 Å². The largest absolute Gasteiger partial charge is 0.386 e. The summed E-state index contributed by atoms with van der Waals surface area (Å²) < 4.78 is 0. The van der Waals surface area contributed by atoms with E-state index in [9.17, 15) is 9.59 Å². The molecule has 1 heterocycles. The van der Waals surface area contributed by atoms with Gasteiger partial charge in [0, 0.05) is 32.2 Å². The Morgan fingerprint density at radius 2 is 2.30 bits per heavy atom. The predicted molar refractivity (Wildman–Crippen MR) is 79.7 cm³/mol. The summed E-state index contributed by atoms with van der Waals surface area (Å²) >= 11 is 1.20. The molecule has 104 valence electrons. The van der Waals surface area contributed by atoms with Gasteiger partial charge in [-0.05, 0) is 18.2 Å². The molecule has 1 aromatic rings. The first-order valence-electron chi connectivity index (χ1n) is 6.24. The molecule has 1 fully saturated rings. The first-order valence-corrected chi connectivity index (χ1v) is 7.12. The van der Waals surface area contributed by atoms with E-state index < -0.39 is 0 Å². The summed E-state index contributed by atoms with van der Waals surface area (Å²) in [5.74, 6) is -0.0182. The number of hydrogen-bond acceptors (Lipinski definition) is 5. The summed E-state index contributed by atoms with van der Waals surface area (Å²) in [6.45, 7) is 2.00. The Morgan fingerprint density at radius 3 is 2.90 bits per heavy atom. The molecule has 5 nitrogen and oxygen atoms in total. The number of nitriles is 1. The Morgan fingerprint density at radius 1 is 1.55 bits per heavy atom. The van der Waals surface area contributed by atoms with Crippen LogP contribution < -0.4 is 10.2 Å². The summed E-state index contributed by atoms with van der Waals surface area (Å²) in [5.41, 5.74) is 2.00. The Labute approximate surface area is 121 Å². The summed E-state index contributed by atoms with van der Waals surface area (Å²) in [7, 11) is 1.77. The van der Waals surface area contributed by atoms with Gasteiger partial charge in [-0.3, -0.25) is 9.59 Å². The van der Waals surface area contributed by atoms with E-state index >= 15 is 0 Å². The van der Waals surface area contributed by atoms with Crippen molar-refractivity contribution < 1.29 is 9.59 Å². The van der Waals surface area contributed by atoms with E-state index in [1.807, 2.05) is 0 Å². The van der Waals surface area contributed by atoms with Crippen molar-refractivity contribution in [3.8, 4) is 6.07 Å². The number of benzene rings is 1. The van der Waals surface area contributed by atoms with Crippen LogP contribution in [0.2, 0.25) is 0 Å². The van der Waals surface area contributed by atoms with Gasteiger partial charge in [-0.1, -0.05) is 11.8 Å². The summed E-state index contributed by atoms with van der Waals surface area (Å²) in [5, 5.41) is 12.0. The fraction of sp³-hybridized carbons (Fsp3) is 0.357. The Bertz CT molecular complexity index is 595. The second kappa shape index (κ2) is 5.97. The van der Waals surface area contributed by atoms with Gasteiger partial charge in [0.05, 0.1) is 23.0 Å². The zero-order valence-electron chi connectivity index (χ0n) is 11.3. The lowest BCUT2D eigenvalue weighted by Crippen LogP contribution is -2.26. The van der Waals surface area contributed by atoms with Crippen LogP contribution in [0, 0.1) is 11.3 Å². The number of nitrogens with zero attached hydrogens (tertiary/aromatic N) is 2. The minimum absolute atomic E-state index is 0.0178. The van der Waals surface area contributed by atoms with E-state index in [2.05, 4.69) is 11.4 Å². The van der Waals surface area contributed by atoms with Gasteiger partial charge in [0.15, 0.2) is 5.12 Å². The molecule has 20 heavy (non-hydrogen) atoms. The number of anilines is 2. The lowest BCUT2D eigenvalue weighted by atomic mass is 10.1. The van der Waals surface area contributed by atoms with Crippen molar-refractivity contribution in [2.45, 2.75) is 18.6 Å². The van der Waals surface area contributed by atoms with Crippen LogP contribution in [0.15, 0.2) is 18.2 Å². The van der Waals surface area contributed by atoms with Crippen molar-refractivity contribution in [1.82, 2.24) is 0 Å². The molecule has 1 atom stereocenters. The van der Waals surface area contributed by atoms with Crippen LogP contribution in [-0.2, 0) is 9.59 Å². The number of carbonyl (C=O) groups is 2. The minimum Gasteiger partial charge on any atom is -0.386 e. The van der Waals surface area contributed by atoms with Crippen molar-refractivity contribution in [2.75, 3.05) is 23.8 Å². The molecule has 1 aliphatic heterocycles. The maximum atomic E-state index is 12.1. The summed E-state index contributed by atoms with van der Waals surface area (Å²) in [6, 6.07) is 7.26. The third-order valence-corrected chi connectivity index (χ3v) is 4.09. The summed E-state index contributed by atoms with van der Waals surface area (Å²) in [4.78, 5) is 24.9. The van der Waals surface area contributed by atoms with Crippen LogP contribution in [0.1, 0.15) is 18.9 Å². The van der Waals surface area contributed by atoms with Gasteiger partial charge in [0.2, 0.25) is 5.91 Å². The van der Waals surface area contributed by atoms with Gasteiger partial charge >= 0.3 is 0 Å². The SMILES string of the molecule is CNc1ccc(C#N)cc1N1CC(SC(C)=O)CC1=O. The average Bonchev–Trinajstić information content (AvgIpc) is 2.77.